The summed E-state index contributed by atoms with van der Waals surface area (Å²) in [6.07, 6.45) is 0.946. The number of hydrogen-bond acceptors (Lipinski definition) is 1. The molecule has 2 atom stereocenters. The van der Waals surface area contributed by atoms with Crippen molar-refractivity contribution in [1.82, 2.24) is 0 Å². The second-order valence-electron chi connectivity index (χ2n) is 4.89. The third-order valence-corrected chi connectivity index (χ3v) is 3.88. The Morgan fingerprint density at radius 1 is 1.00 bits per heavy atom. The Bertz CT molecular complexity index is 532. The minimum absolute atomic E-state index is 0.224. The fourth-order valence-corrected chi connectivity index (χ4v) is 2.95. The summed E-state index contributed by atoms with van der Waals surface area (Å²) < 4.78 is 0. The van der Waals surface area contributed by atoms with Crippen LogP contribution in [0.15, 0.2) is 54.6 Å². The summed E-state index contributed by atoms with van der Waals surface area (Å²) in [7, 11) is 0. The van der Waals surface area contributed by atoms with Crippen LogP contribution < -0.4 is 0 Å². The van der Waals surface area contributed by atoms with Gasteiger partial charge in [-0.3, -0.25) is 0 Å². The van der Waals surface area contributed by atoms with Crippen LogP contribution in [0.25, 0.3) is 0 Å². The number of hydrogen-bond donors (Lipinski definition) is 1. The summed E-state index contributed by atoms with van der Waals surface area (Å²) >= 11 is 0. The van der Waals surface area contributed by atoms with E-state index in [9.17, 15) is 5.11 Å². The molecule has 1 nitrogen and oxygen atoms in total. The van der Waals surface area contributed by atoms with E-state index in [1.165, 1.54) is 5.56 Å². The van der Waals surface area contributed by atoms with Crippen LogP contribution in [0, 0.1) is 5.92 Å². The molecule has 86 valence electrons. The lowest BCUT2D eigenvalue weighted by Crippen LogP contribution is -2.30. The van der Waals surface area contributed by atoms with Crippen molar-refractivity contribution in [2.75, 3.05) is 0 Å². The van der Waals surface area contributed by atoms with Gasteiger partial charge >= 0.3 is 0 Å². The molecule has 3 rings (SSSR count). The van der Waals surface area contributed by atoms with Gasteiger partial charge in [0, 0.05) is 0 Å². The third kappa shape index (κ3) is 1.43. The van der Waals surface area contributed by atoms with Gasteiger partial charge in [-0.2, -0.15) is 0 Å². The van der Waals surface area contributed by atoms with Crippen molar-refractivity contribution in [3.8, 4) is 0 Å². The van der Waals surface area contributed by atoms with Gasteiger partial charge in [0.15, 0.2) is 0 Å². The highest BCUT2D eigenvalue weighted by atomic mass is 16.3. The summed E-state index contributed by atoms with van der Waals surface area (Å²) in [5.41, 5.74) is 2.51. The average molecular weight is 224 g/mol. The van der Waals surface area contributed by atoms with Gasteiger partial charge in [-0.25, -0.2) is 0 Å². The highest BCUT2D eigenvalue weighted by Gasteiger charge is 2.43. The summed E-state index contributed by atoms with van der Waals surface area (Å²) in [4.78, 5) is 0. The molecule has 2 aromatic rings. The zero-order valence-electron chi connectivity index (χ0n) is 9.93. The van der Waals surface area contributed by atoms with Crippen molar-refractivity contribution in [3.05, 3.63) is 71.3 Å². The first-order chi connectivity index (χ1) is 8.23. The molecule has 0 saturated carbocycles. The summed E-state index contributed by atoms with van der Waals surface area (Å²) in [5, 5.41) is 11.1. The van der Waals surface area contributed by atoms with E-state index in [-0.39, 0.29) is 5.92 Å². The number of aliphatic hydroxyl groups is 1. The molecule has 0 spiro atoms. The van der Waals surface area contributed by atoms with E-state index in [4.69, 9.17) is 0 Å². The van der Waals surface area contributed by atoms with Gasteiger partial charge in [-0.1, -0.05) is 61.5 Å². The van der Waals surface area contributed by atoms with Crippen LogP contribution >= 0.6 is 0 Å². The molecule has 2 aromatic carbocycles. The van der Waals surface area contributed by atoms with Gasteiger partial charge in [0.2, 0.25) is 0 Å². The van der Waals surface area contributed by atoms with E-state index in [0.717, 1.165) is 17.5 Å². The van der Waals surface area contributed by atoms with Gasteiger partial charge in [0.1, 0.15) is 5.60 Å². The minimum Gasteiger partial charge on any atom is -0.380 e. The van der Waals surface area contributed by atoms with E-state index in [1.807, 2.05) is 48.5 Å². The monoisotopic (exact) mass is 224 g/mol. The Kier molecular flexibility index (Phi) is 2.30. The summed E-state index contributed by atoms with van der Waals surface area (Å²) in [6, 6.07) is 18.2. The largest absolute Gasteiger partial charge is 0.380 e. The molecule has 0 radical (unpaired) electrons. The Hall–Kier alpha value is -1.60. The van der Waals surface area contributed by atoms with Crippen molar-refractivity contribution in [2.45, 2.75) is 18.9 Å². The lowest BCUT2D eigenvalue weighted by Gasteiger charge is -2.29. The normalized spacial score (nSPS) is 26.8. The topological polar surface area (TPSA) is 20.2 Å². The van der Waals surface area contributed by atoms with Crippen LogP contribution in [0.5, 0.6) is 0 Å². The predicted molar refractivity (Wildman–Crippen MR) is 68.8 cm³/mol. The number of benzene rings is 2. The fourth-order valence-electron chi connectivity index (χ4n) is 2.95. The highest BCUT2D eigenvalue weighted by molar-refractivity contribution is 5.46. The number of fused-ring (bicyclic) bond motifs is 1. The Morgan fingerprint density at radius 2 is 1.65 bits per heavy atom. The maximum Gasteiger partial charge on any atom is 0.118 e. The van der Waals surface area contributed by atoms with Crippen LogP contribution in [0.2, 0.25) is 0 Å². The molecule has 0 amide bonds. The summed E-state index contributed by atoms with van der Waals surface area (Å²) in [6.45, 7) is 2.12. The van der Waals surface area contributed by atoms with E-state index >= 15 is 0 Å². The van der Waals surface area contributed by atoms with Crippen LogP contribution in [0.4, 0.5) is 0 Å². The summed E-state index contributed by atoms with van der Waals surface area (Å²) in [5.74, 6) is 0.224. The smallest absolute Gasteiger partial charge is 0.118 e. The van der Waals surface area contributed by atoms with E-state index in [2.05, 4.69) is 13.0 Å². The molecular formula is C16H16O. The van der Waals surface area contributed by atoms with Crippen molar-refractivity contribution in [2.24, 2.45) is 5.92 Å². The molecule has 0 bridgehead atoms. The van der Waals surface area contributed by atoms with Crippen LogP contribution in [0.3, 0.4) is 0 Å². The quantitative estimate of drug-likeness (QED) is 0.789. The highest BCUT2D eigenvalue weighted by Crippen LogP contribution is 2.45. The van der Waals surface area contributed by atoms with Crippen LogP contribution in [-0.4, -0.2) is 5.11 Å². The van der Waals surface area contributed by atoms with Gasteiger partial charge in [-0.05, 0) is 29.0 Å². The zero-order valence-corrected chi connectivity index (χ0v) is 9.93. The van der Waals surface area contributed by atoms with E-state index < -0.39 is 5.60 Å². The minimum atomic E-state index is -0.822. The molecule has 0 saturated heterocycles. The van der Waals surface area contributed by atoms with Gasteiger partial charge in [-0.15, -0.1) is 0 Å². The Morgan fingerprint density at radius 3 is 2.41 bits per heavy atom. The standard InChI is InChI=1S/C16H16O/c1-12-11-13-7-5-6-10-15(13)16(12,17)14-8-3-2-4-9-14/h2-10,12,17H,11H2,1H3/t12-,16+/m1/s1. The lowest BCUT2D eigenvalue weighted by molar-refractivity contribution is 0.0380. The zero-order chi connectivity index (χ0) is 11.9. The first-order valence-electron chi connectivity index (χ1n) is 6.09. The van der Waals surface area contributed by atoms with Crippen molar-refractivity contribution in [1.29, 1.82) is 0 Å². The van der Waals surface area contributed by atoms with E-state index in [0.29, 0.717) is 0 Å². The van der Waals surface area contributed by atoms with Gasteiger partial charge in [0.25, 0.3) is 0 Å². The number of rotatable bonds is 1. The predicted octanol–water partition coefficient (Wildman–Crippen LogP) is 3.11. The van der Waals surface area contributed by atoms with Crippen molar-refractivity contribution in [3.63, 3.8) is 0 Å². The molecule has 0 heterocycles. The second-order valence-corrected chi connectivity index (χ2v) is 4.89. The van der Waals surface area contributed by atoms with Crippen LogP contribution in [-0.2, 0) is 12.0 Å². The van der Waals surface area contributed by atoms with Crippen molar-refractivity contribution < 1.29 is 5.11 Å². The lowest BCUT2D eigenvalue weighted by atomic mass is 9.82. The first-order valence-corrected chi connectivity index (χ1v) is 6.09. The van der Waals surface area contributed by atoms with Crippen LogP contribution in [0.1, 0.15) is 23.6 Å². The molecule has 17 heavy (non-hydrogen) atoms. The molecule has 1 N–H and O–H groups in total. The SMILES string of the molecule is C[C@@H]1Cc2ccccc2[C@@]1(O)c1ccccc1. The molecule has 1 aliphatic carbocycles. The molecule has 0 aliphatic heterocycles. The van der Waals surface area contributed by atoms with Gasteiger partial charge < -0.3 is 5.11 Å². The van der Waals surface area contributed by atoms with E-state index in [1.54, 1.807) is 0 Å². The molecule has 0 fully saturated rings. The second kappa shape index (κ2) is 3.71. The maximum absolute atomic E-state index is 11.1. The molecular weight excluding hydrogens is 208 g/mol. The fraction of sp³-hybridized carbons (Fsp3) is 0.250. The third-order valence-electron chi connectivity index (χ3n) is 3.88. The maximum atomic E-state index is 11.1. The average Bonchev–Trinajstić information content (AvgIpc) is 2.64. The molecule has 1 aliphatic rings. The molecule has 0 aromatic heterocycles. The Labute approximate surface area is 102 Å². The molecule has 0 unspecified atom stereocenters. The van der Waals surface area contributed by atoms with Crippen molar-refractivity contribution >= 4 is 0 Å². The molecule has 1 heteroatoms. The Balaban J connectivity index is 2.20. The van der Waals surface area contributed by atoms with Gasteiger partial charge in [0.05, 0.1) is 0 Å². The first kappa shape index (κ1) is 10.5.